The van der Waals surface area contributed by atoms with Gasteiger partial charge in [-0.15, -0.1) is 0 Å². The Balaban J connectivity index is 2.55. The Labute approximate surface area is 102 Å². The van der Waals surface area contributed by atoms with Gasteiger partial charge in [0.1, 0.15) is 5.15 Å². The number of rotatable bonds is 1. The van der Waals surface area contributed by atoms with Gasteiger partial charge < -0.3 is 5.73 Å². The van der Waals surface area contributed by atoms with E-state index in [0.29, 0.717) is 0 Å². The highest BCUT2D eigenvalue weighted by atomic mass is 35.5. The zero-order valence-electron chi connectivity index (χ0n) is 9.64. The molecule has 0 amide bonds. The third-order valence-electron chi connectivity index (χ3n) is 3.50. The van der Waals surface area contributed by atoms with E-state index in [1.807, 2.05) is 13.8 Å². The van der Waals surface area contributed by atoms with Crippen molar-refractivity contribution in [1.82, 2.24) is 9.78 Å². The van der Waals surface area contributed by atoms with Gasteiger partial charge in [-0.1, -0.05) is 25.4 Å². The maximum Gasteiger partial charge on any atom is 0.435 e. The first-order valence-corrected chi connectivity index (χ1v) is 5.51. The van der Waals surface area contributed by atoms with Gasteiger partial charge in [-0.05, 0) is 5.41 Å². The molecule has 1 fully saturated rings. The fraction of sp³-hybridized carbons (Fsp3) is 0.700. The number of alkyl halides is 3. The lowest BCUT2D eigenvalue weighted by molar-refractivity contribution is -0.142. The molecule has 7 heteroatoms. The van der Waals surface area contributed by atoms with Crippen molar-refractivity contribution >= 4 is 11.6 Å². The van der Waals surface area contributed by atoms with Crippen LogP contribution in [0, 0.1) is 5.41 Å². The summed E-state index contributed by atoms with van der Waals surface area (Å²) in [6.45, 7) is 3.65. The van der Waals surface area contributed by atoms with Crippen molar-refractivity contribution in [2.24, 2.45) is 18.2 Å². The molecule has 0 aliphatic heterocycles. The van der Waals surface area contributed by atoms with Gasteiger partial charge in [0.05, 0.1) is 0 Å². The zero-order valence-corrected chi connectivity index (χ0v) is 10.4. The van der Waals surface area contributed by atoms with E-state index in [2.05, 4.69) is 5.10 Å². The molecule has 1 aromatic heterocycles. The lowest BCUT2D eigenvalue weighted by atomic mass is 10.0. The predicted molar refractivity (Wildman–Crippen MR) is 57.7 cm³/mol. The molecule has 3 nitrogen and oxygen atoms in total. The lowest BCUT2D eigenvalue weighted by Crippen LogP contribution is -2.10. The van der Waals surface area contributed by atoms with Crippen LogP contribution in [0.4, 0.5) is 13.2 Å². The van der Waals surface area contributed by atoms with Crippen molar-refractivity contribution in [2.75, 3.05) is 0 Å². The Morgan fingerprint density at radius 3 is 2.24 bits per heavy atom. The van der Waals surface area contributed by atoms with Gasteiger partial charge in [-0.25, -0.2) is 0 Å². The fourth-order valence-electron chi connectivity index (χ4n) is 2.23. The summed E-state index contributed by atoms with van der Waals surface area (Å²) >= 11 is 5.89. The predicted octanol–water partition coefficient (Wildman–Crippen LogP) is 2.54. The molecule has 0 radical (unpaired) electrons. The molecule has 1 aliphatic rings. The van der Waals surface area contributed by atoms with Crippen LogP contribution in [0.3, 0.4) is 0 Å². The van der Waals surface area contributed by atoms with Crippen molar-refractivity contribution in [1.29, 1.82) is 0 Å². The Kier molecular flexibility index (Phi) is 2.53. The molecule has 1 aromatic rings. The maximum atomic E-state index is 12.8. The molecule has 1 saturated carbocycles. The summed E-state index contributed by atoms with van der Waals surface area (Å²) in [5.74, 6) is -0.389. The third kappa shape index (κ3) is 1.74. The molecular weight excluding hydrogens is 255 g/mol. The smallest absolute Gasteiger partial charge is 0.327 e. The fourth-order valence-corrected chi connectivity index (χ4v) is 2.48. The van der Waals surface area contributed by atoms with Crippen LogP contribution in [-0.4, -0.2) is 15.8 Å². The summed E-state index contributed by atoms with van der Waals surface area (Å²) in [5, 5.41) is 3.46. The number of nitrogens with zero attached hydrogens (tertiary/aromatic N) is 2. The molecular formula is C10H13ClF3N3. The number of aromatic nitrogens is 2. The van der Waals surface area contributed by atoms with Gasteiger partial charge >= 0.3 is 6.18 Å². The van der Waals surface area contributed by atoms with Crippen LogP contribution in [0.2, 0.25) is 5.15 Å². The van der Waals surface area contributed by atoms with E-state index in [9.17, 15) is 13.2 Å². The van der Waals surface area contributed by atoms with E-state index in [1.54, 1.807) is 0 Å². The second-order valence-corrected chi connectivity index (χ2v) is 5.36. The van der Waals surface area contributed by atoms with Gasteiger partial charge in [0.2, 0.25) is 0 Å². The van der Waals surface area contributed by atoms with E-state index in [4.69, 9.17) is 17.3 Å². The largest absolute Gasteiger partial charge is 0.435 e. The first kappa shape index (κ1) is 12.7. The second-order valence-electron chi connectivity index (χ2n) is 5.00. The Morgan fingerprint density at radius 2 is 1.88 bits per heavy atom. The van der Waals surface area contributed by atoms with Crippen LogP contribution in [0.25, 0.3) is 0 Å². The minimum absolute atomic E-state index is 0.0170. The van der Waals surface area contributed by atoms with E-state index in [1.165, 1.54) is 7.05 Å². The summed E-state index contributed by atoms with van der Waals surface area (Å²) in [4.78, 5) is 0. The highest BCUT2D eigenvalue weighted by molar-refractivity contribution is 6.30. The van der Waals surface area contributed by atoms with Crippen molar-refractivity contribution in [2.45, 2.75) is 32.0 Å². The van der Waals surface area contributed by atoms with Crippen LogP contribution >= 0.6 is 11.6 Å². The molecule has 2 rings (SSSR count). The average molecular weight is 268 g/mol. The Morgan fingerprint density at radius 1 is 1.41 bits per heavy atom. The van der Waals surface area contributed by atoms with Crippen molar-refractivity contribution in [3.63, 3.8) is 0 Å². The molecule has 0 saturated heterocycles. The molecule has 0 bridgehead atoms. The summed E-state index contributed by atoms with van der Waals surface area (Å²) in [5.41, 5.74) is 4.54. The van der Waals surface area contributed by atoms with Gasteiger partial charge in [-0.3, -0.25) is 4.68 Å². The number of aryl methyl sites for hydroxylation is 1. The number of halogens is 4. The molecule has 1 heterocycles. The SMILES string of the molecule is Cn1nc(C(F)(F)F)c([C@@H]2[C@@H](N)C2(C)C)c1Cl. The molecule has 0 unspecified atom stereocenters. The lowest BCUT2D eigenvalue weighted by Gasteiger charge is -2.07. The number of hydrogen-bond acceptors (Lipinski definition) is 2. The first-order valence-electron chi connectivity index (χ1n) is 5.13. The Hall–Kier alpha value is -0.750. The molecule has 0 spiro atoms. The monoisotopic (exact) mass is 267 g/mol. The third-order valence-corrected chi connectivity index (χ3v) is 3.95. The highest BCUT2D eigenvalue weighted by Gasteiger charge is 2.60. The topological polar surface area (TPSA) is 43.8 Å². The molecule has 0 aromatic carbocycles. The van der Waals surface area contributed by atoms with Crippen molar-refractivity contribution in [3.8, 4) is 0 Å². The van der Waals surface area contributed by atoms with Crippen LogP contribution in [0.5, 0.6) is 0 Å². The first-order chi connectivity index (χ1) is 7.58. The molecule has 2 N–H and O–H groups in total. The summed E-state index contributed by atoms with van der Waals surface area (Å²) in [7, 11) is 1.39. The summed E-state index contributed by atoms with van der Waals surface area (Å²) < 4.78 is 39.5. The van der Waals surface area contributed by atoms with Gasteiger partial charge in [-0.2, -0.15) is 18.3 Å². The molecule has 17 heavy (non-hydrogen) atoms. The van der Waals surface area contributed by atoms with E-state index < -0.39 is 11.9 Å². The Bertz CT molecular complexity index is 464. The summed E-state index contributed by atoms with van der Waals surface area (Å²) in [6.07, 6.45) is -4.50. The summed E-state index contributed by atoms with van der Waals surface area (Å²) in [6, 6.07) is -0.315. The zero-order chi connectivity index (χ0) is 13.2. The number of hydrogen-bond donors (Lipinski definition) is 1. The van der Waals surface area contributed by atoms with Crippen molar-refractivity contribution in [3.05, 3.63) is 16.4 Å². The van der Waals surface area contributed by atoms with Crippen LogP contribution in [0.1, 0.15) is 31.0 Å². The molecule has 2 atom stereocenters. The van der Waals surface area contributed by atoms with Crippen molar-refractivity contribution < 1.29 is 13.2 Å². The van der Waals surface area contributed by atoms with Crippen LogP contribution in [0.15, 0.2) is 0 Å². The molecule has 1 aliphatic carbocycles. The van der Waals surface area contributed by atoms with E-state index in [-0.39, 0.29) is 28.1 Å². The van der Waals surface area contributed by atoms with Gasteiger partial charge in [0.15, 0.2) is 5.69 Å². The highest BCUT2D eigenvalue weighted by Crippen LogP contribution is 2.60. The average Bonchev–Trinajstić information content (AvgIpc) is 2.50. The number of nitrogens with two attached hydrogens (primary N) is 1. The molecule has 96 valence electrons. The maximum absolute atomic E-state index is 12.8. The minimum atomic E-state index is -4.50. The van der Waals surface area contributed by atoms with Crippen LogP contribution in [-0.2, 0) is 13.2 Å². The quantitative estimate of drug-likeness (QED) is 0.850. The van der Waals surface area contributed by atoms with Gasteiger partial charge in [0, 0.05) is 24.6 Å². The standard InChI is InChI=1S/C10H13ClF3N3/c1-9(2)5(6(9)15)4-7(10(12,13)14)16-17(3)8(4)11/h5-6H,15H2,1-3H3/t5-,6-/m1/s1. The van der Waals surface area contributed by atoms with E-state index >= 15 is 0 Å². The van der Waals surface area contributed by atoms with Crippen LogP contribution < -0.4 is 5.73 Å². The van der Waals surface area contributed by atoms with E-state index in [0.717, 1.165) is 4.68 Å². The second kappa shape index (κ2) is 3.38. The van der Waals surface area contributed by atoms with Gasteiger partial charge in [0.25, 0.3) is 0 Å². The minimum Gasteiger partial charge on any atom is -0.327 e. The normalized spacial score (nSPS) is 27.3.